The average molecular weight is 285 g/mol. The molecule has 0 aliphatic carbocycles. The summed E-state index contributed by atoms with van der Waals surface area (Å²) in [7, 11) is 1.95. The van der Waals surface area contributed by atoms with Crippen molar-refractivity contribution in [1.29, 1.82) is 0 Å². The summed E-state index contributed by atoms with van der Waals surface area (Å²) in [6.45, 7) is 2.93. The second kappa shape index (κ2) is 6.20. The smallest absolute Gasteiger partial charge is 0.0592 e. The summed E-state index contributed by atoms with van der Waals surface area (Å²) in [5.74, 6) is 6.43. The molecule has 5 N–H and O–H groups in total. The Balaban J connectivity index is 1.70. The molecule has 0 radical (unpaired) electrons. The van der Waals surface area contributed by atoms with Crippen LogP contribution in [0.1, 0.15) is 12.0 Å². The van der Waals surface area contributed by atoms with E-state index in [4.69, 9.17) is 5.84 Å². The maximum atomic E-state index is 5.80. The van der Waals surface area contributed by atoms with E-state index in [9.17, 15) is 0 Å². The predicted molar refractivity (Wildman–Crippen MR) is 87.2 cm³/mol. The van der Waals surface area contributed by atoms with Crippen LogP contribution in [0.25, 0.3) is 16.6 Å². The first-order chi connectivity index (χ1) is 10.3. The molecule has 112 valence electrons. The van der Waals surface area contributed by atoms with Crippen molar-refractivity contribution in [2.75, 3.05) is 26.7 Å². The fourth-order valence-corrected chi connectivity index (χ4v) is 2.94. The second-order valence-electron chi connectivity index (χ2n) is 5.61. The standard InChI is InChI=1S/C16H23N5/c1-18-16(10-19-8-12-6-7-21(17)11-12)14-9-20-15-5-3-2-4-13(14)15/h2-5,9-10,12,18-20H,6-8,11,17H2,1H3/b16-10-. The van der Waals surface area contributed by atoms with E-state index >= 15 is 0 Å². The fourth-order valence-electron chi connectivity index (χ4n) is 2.94. The molecule has 1 fully saturated rings. The number of benzene rings is 1. The van der Waals surface area contributed by atoms with Gasteiger partial charge in [-0.25, -0.2) is 5.01 Å². The third-order valence-electron chi connectivity index (χ3n) is 4.12. The molecular formula is C16H23N5. The molecule has 1 aliphatic heterocycles. The lowest BCUT2D eigenvalue weighted by molar-refractivity contribution is 0.337. The normalized spacial score (nSPS) is 20.1. The van der Waals surface area contributed by atoms with Gasteiger partial charge in [0, 0.05) is 55.5 Å². The van der Waals surface area contributed by atoms with Crippen molar-refractivity contribution in [3.05, 3.63) is 42.2 Å². The van der Waals surface area contributed by atoms with Gasteiger partial charge in [-0.3, -0.25) is 5.84 Å². The van der Waals surface area contributed by atoms with E-state index in [2.05, 4.69) is 40.0 Å². The van der Waals surface area contributed by atoms with E-state index in [1.165, 1.54) is 17.4 Å². The van der Waals surface area contributed by atoms with Crippen molar-refractivity contribution < 1.29 is 0 Å². The highest BCUT2D eigenvalue weighted by Crippen LogP contribution is 2.22. The van der Waals surface area contributed by atoms with Crippen LogP contribution >= 0.6 is 0 Å². The van der Waals surface area contributed by atoms with Crippen LogP contribution in [-0.2, 0) is 0 Å². The van der Waals surface area contributed by atoms with Crippen LogP contribution in [0.5, 0.6) is 0 Å². The van der Waals surface area contributed by atoms with E-state index in [1.807, 2.05) is 24.3 Å². The Kier molecular flexibility index (Phi) is 4.13. The Hall–Kier alpha value is -1.98. The summed E-state index contributed by atoms with van der Waals surface area (Å²) >= 11 is 0. The van der Waals surface area contributed by atoms with Crippen molar-refractivity contribution in [2.24, 2.45) is 11.8 Å². The van der Waals surface area contributed by atoms with Crippen LogP contribution in [0.15, 0.2) is 36.7 Å². The largest absolute Gasteiger partial charge is 0.389 e. The molecule has 1 saturated heterocycles. The van der Waals surface area contributed by atoms with Gasteiger partial charge in [0.2, 0.25) is 0 Å². The van der Waals surface area contributed by atoms with Crippen LogP contribution in [0.4, 0.5) is 0 Å². The summed E-state index contributed by atoms with van der Waals surface area (Å²) < 4.78 is 0. The van der Waals surface area contributed by atoms with E-state index < -0.39 is 0 Å². The van der Waals surface area contributed by atoms with Gasteiger partial charge in [0.05, 0.1) is 5.70 Å². The molecule has 3 rings (SSSR count). The first-order valence-corrected chi connectivity index (χ1v) is 7.45. The Labute approximate surface area is 125 Å². The minimum absolute atomic E-state index is 0.632. The quantitative estimate of drug-likeness (QED) is 0.628. The zero-order valence-corrected chi connectivity index (χ0v) is 12.4. The monoisotopic (exact) mass is 285 g/mol. The fraction of sp³-hybridized carbons (Fsp3) is 0.375. The van der Waals surface area contributed by atoms with Crippen molar-refractivity contribution >= 4 is 16.6 Å². The van der Waals surface area contributed by atoms with Crippen molar-refractivity contribution in [3.8, 4) is 0 Å². The van der Waals surface area contributed by atoms with Gasteiger partial charge in [0.1, 0.15) is 0 Å². The average Bonchev–Trinajstić information content (AvgIpc) is 3.10. The first-order valence-electron chi connectivity index (χ1n) is 7.45. The van der Waals surface area contributed by atoms with E-state index in [-0.39, 0.29) is 0 Å². The summed E-state index contributed by atoms with van der Waals surface area (Å²) in [4.78, 5) is 3.31. The first kappa shape index (κ1) is 14.0. The molecule has 1 atom stereocenters. The van der Waals surface area contributed by atoms with Gasteiger partial charge in [0.25, 0.3) is 0 Å². The Morgan fingerprint density at radius 3 is 3.10 bits per heavy atom. The number of hydrogen-bond donors (Lipinski definition) is 4. The number of para-hydroxylation sites is 1. The molecule has 1 aromatic heterocycles. The number of H-pyrrole nitrogens is 1. The number of nitrogens with two attached hydrogens (primary N) is 1. The van der Waals surface area contributed by atoms with E-state index in [1.54, 1.807) is 0 Å². The maximum Gasteiger partial charge on any atom is 0.0592 e. The summed E-state index contributed by atoms with van der Waals surface area (Å²) in [6.07, 6.45) is 5.28. The highest BCUT2D eigenvalue weighted by atomic mass is 15.4. The summed E-state index contributed by atoms with van der Waals surface area (Å²) in [6, 6.07) is 8.33. The predicted octanol–water partition coefficient (Wildman–Crippen LogP) is 1.47. The van der Waals surface area contributed by atoms with Crippen LogP contribution in [0, 0.1) is 5.92 Å². The molecule has 1 aliphatic rings. The minimum atomic E-state index is 0.632. The van der Waals surface area contributed by atoms with Gasteiger partial charge in [0.15, 0.2) is 0 Å². The zero-order valence-electron chi connectivity index (χ0n) is 12.4. The molecule has 5 heteroatoms. The van der Waals surface area contributed by atoms with E-state index in [0.29, 0.717) is 5.92 Å². The van der Waals surface area contributed by atoms with Gasteiger partial charge in [-0.05, 0) is 18.4 Å². The Morgan fingerprint density at radius 2 is 2.33 bits per heavy atom. The lowest BCUT2D eigenvalue weighted by atomic mass is 10.1. The Bertz CT molecular complexity index is 630. The molecule has 0 bridgehead atoms. The van der Waals surface area contributed by atoms with Crippen LogP contribution in [0.3, 0.4) is 0 Å². The molecule has 1 unspecified atom stereocenters. The number of hydrogen-bond acceptors (Lipinski definition) is 4. The number of aromatic amines is 1. The molecule has 0 spiro atoms. The van der Waals surface area contributed by atoms with E-state index in [0.717, 1.165) is 30.8 Å². The molecular weight excluding hydrogens is 262 g/mol. The number of hydrazine groups is 1. The lowest BCUT2D eigenvalue weighted by Gasteiger charge is -2.12. The van der Waals surface area contributed by atoms with Crippen molar-refractivity contribution in [1.82, 2.24) is 20.6 Å². The SMILES string of the molecule is CN/C(=C\NCC1CCN(N)C1)c1c[nH]c2ccccc12. The van der Waals surface area contributed by atoms with Crippen molar-refractivity contribution in [2.45, 2.75) is 6.42 Å². The molecule has 0 saturated carbocycles. The van der Waals surface area contributed by atoms with Crippen molar-refractivity contribution in [3.63, 3.8) is 0 Å². The number of aromatic nitrogens is 1. The van der Waals surface area contributed by atoms with Crippen LogP contribution < -0.4 is 16.5 Å². The third kappa shape index (κ3) is 3.04. The highest BCUT2D eigenvalue weighted by molar-refractivity contribution is 5.91. The zero-order chi connectivity index (χ0) is 14.7. The minimum Gasteiger partial charge on any atom is -0.389 e. The molecule has 1 aromatic carbocycles. The van der Waals surface area contributed by atoms with Gasteiger partial charge < -0.3 is 15.6 Å². The summed E-state index contributed by atoms with van der Waals surface area (Å²) in [5.41, 5.74) is 3.44. The Morgan fingerprint density at radius 1 is 1.48 bits per heavy atom. The van der Waals surface area contributed by atoms with Gasteiger partial charge in [-0.15, -0.1) is 0 Å². The highest BCUT2D eigenvalue weighted by Gasteiger charge is 2.19. The number of fused-ring (bicyclic) bond motifs is 1. The van der Waals surface area contributed by atoms with Gasteiger partial charge in [-0.2, -0.15) is 0 Å². The third-order valence-corrected chi connectivity index (χ3v) is 4.12. The number of rotatable bonds is 5. The number of nitrogens with zero attached hydrogens (tertiary/aromatic N) is 1. The molecule has 2 heterocycles. The van der Waals surface area contributed by atoms with Gasteiger partial charge >= 0.3 is 0 Å². The molecule has 5 nitrogen and oxygen atoms in total. The lowest BCUT2D eigenvalue weighted by Crippen LogP contribution is -2.29. The molecule has 21 heavy (non-hydrogen) atoms. The molecule has 0 amide bonds. The summed E-state index contributed by atoms with van der Waals surface area (Å²) in [5, 5.41) is 9.83. The number of nitrogens with one attached hydrogen (secondary N) is 3. The molecule has 2 aromatic rings. The topological polar surface area (TPSA) is 69.1 Å². The second-order valence-corrected chi connectivity index (χ2v) is 5.61. The van der Waals surface area contributed by atoms with Gasteiger partial charge in [-0.1, -0.05) is 18.2 Å². The van der Waals surface area contributed by atoms with Crippen LogP contribution in [0.2, 0.25) is 0 Å². The maximum absolute atomic E-state index is 5.80. The van der Waals surface area contributed by atoms with Crippen LogP contribution in [-0.4, -0.2) is 36.7 Å².